The molecule has 0 atom stereocenters. The van der Waals surface area contributed by atoms with Crippen LogP contribution in [0.15, 0.2) is 35.0 Å². The Bertz CT molecular complexity index is 1120. The van der Waals surface area contributed by atoms with Crippen LogP contribution in [0.1, 0.15) is 23.3 Å². The number of rotatable bonds is 6. The fraction of sp³-hybridized carbons (Fsp3) is 0.188. The van der Waals surface area contributed by atoms with E-state index in [1.807, 2.05) is 6.07 Å². The molecule has 11 heteroatoms. The van der Waals surface area contributed by atoms with Crippen molar-refractivity contribution in [2.75, 3.05) is 0 Å². The second kappa shape index (κ2) is 6.83. The van der Waals surface area contributed by atoms with Gasteiger partial charge < -0.3 is 9.52 Å². The maximum atomic E-state index is 12.7. The summed E-state index contributed by atoms with van der Waals surface area (Å²) in [6.07, 6.45) is 2.63. The zero-order valence-electron chi connectivity index (χ0n) is 13.5. The van der Waals surface area contributed by atoms with Gasteiger partial charge >= 0.3 is 12.5 Å². The molecule has 0 saturated heterocycles. The van der Waals surface area contributed by atoms with Crippen LogP contribution < -0.4 is 0 Å². The number of nitrogens with zero attached hydrogens (tertiary/aromatic N) is 5. The van der Waals surface area contributed by atoms with Gasteiger partial charge in [0.25, 0.3) is 0 Å². The van der Waals surface area contributed by atoms with E-state index in [-0.39, 0.29) is 24.6 Å². The molecule has 0 fully saturated rings. The average molecular weight is 391 g/mol. The maximum Gasteiger partial charge on any atom is 0.333 e. The number of halogens is 2. The van der Waals surface area contributed by atoms with Gasteiger partial charge in [-0.3, -0.25) is 4.79 Å². The lowest BCUT2D eigenvalue weighted by Gasteiger charge is -1.97. The van der Waals surface area contributed by atoms with Crippen molar-refractivity contribution in [1.29, 1.82) is 0 Å². The van der Waals surface area contributed by atoms with Crippen LogP contribution in [0.4, 0.5) is 8.78 Å². The van der Waals surface area contributed by atoms with Gasteiger partial charge in [0.1, 0.15) is 11.4 Å². The summed E-state index contributed by atoms with van der Waals surface area (Å²) in [4.78, 5) is 15.1. The van der Waals surface area contributed by atoms with Crippen LogP contribution in [0.3, 0.4) is 0 Å². The van der Waals surface area contributed by atoms with Gasteiger partial charge in [-0.1, -0.05) is 6.07 Å². The van der Waals surface area contributed by atoms with Gasteiger partial charge in [-0.2, -0.15) is 13.9 Å². The molecule has 0 saturated carbocycles. The molecule has 0 spiro atoms. The summed E-state index contributed by atoms with van der Waals surface area (Å²) >= 11 is 1.41. The molecular formula is C16H11F2N5O3S. The molecule has 4 aromatic rings. The number of benzene rings is 1. The van der Waals surface area contributed by atoms with Crippen LogP contribution in [0.2, 0.25) is 0 Å². The van der Waals surface area contributed by atoms with E-state index in [0.717, 1.165) is 20.8 Å². The van der Waals surface area contributed by atoms with Gasteiger partial charge in [0, 0.05) is 11.8 Å². The minimum absolute atomic E-state index is 0.0388. The van der Waals surface area contributed by atoms with Crippen molar-refractivity contribution in [2.24, 2.45) is 0 Å². The molecule has 0 bridgehead atoms. The van der Waals surface area contributed by atoms with E-state index < -0.39 is 12.5 Å². The molecule has 0 aliphatic rings. The molecule has 3 aromatic heterocycles. The van der Waals surface area contributed by atoms with E-state index in [2.05, 4.69) is 20.3 Å². The Labute approximate surface area is 154 Å². The van der Waals surface area contributed by atoms with Crippen LogP contribution in [0, 0.1) is 0 Å². The van der Waals surface area contributed by atoms with Gasteiger partial charge in [0.2, 0.25) is 11.8 Å². The molecule has 4 rings (SSSR count). The zero-order chi connectivity index (χ0) is 19.0. The lowest BCUT2D eigenvalue weighted by Crippen LogP contribution is -1.99. The van der Waals surface area contributed by atoms with Crippen molar-refractivity contribution in [3.05, 3.63) is 47.4 Å². The van der Waals surface area contributed by atoms with Crippen molar-refractivity contribution >= 4 is 27.5 Å². The Balaban J connectivity index is 1.57. The molecule has 0 aliphatic carbocycles. The second-order valence-corrected chi connectivity index (χ2v) is 6.73. The zero-order valence-corrected chi connectivity index (χ0v) is 14.4. The fourth-order valence-electron chi connectivity index (χ4n) is 2.51. The highest BCUT2D eigenvalue weighted by Gasteiger charge is 2.14. The minimum atomic E-state index is -2.68. The molecule has 1 N–H and O–H groups in total. The Morgan fingerprint density at radius 3 is 2.81 bits per heavy atom. The fourth-order valence-corrected chi connectivity index (χ4v) is 3.51. The number of fused-ring (bicyclic) bond motifs is 1. The number of carboxylic acids is 1. The molecule has 0 amide bonds. The molecule has 27 heavy (non-hydrogen) atoms. The third-order valence-corrected chi connectivity index (χ3v) is 4.70. The molecule has 0 radical (unpaired) electrons. The monoisotopic (exact) mass is 391 g/mol. The van der Waals surface area contributed by atoms with E-state index in [9.17, 15) is 13.6 Å². The number of hydrogen-bond donors (Lipinski definition) is 1. The van der Waals surface area contributed by atoms with Crippen LogP contribution in [0.25, 0.3) is 21.3 Å². The first-order chi connectivity index (χ1) is 13.0. The van der Waals surface area contributed by atoms with E-state index >= 15 is 0 Å². The smallest absolute Gasteiger partial charge is 0.333 e. The normalized spacial score (nSPS) is 11.5. The second-order valence-electron chi connectivity index (χ2n) is 5.61. The molecule has 0 aliphatic heterocycles. The highest BCUT2D eigenvalue weighted by molar-refractivity contribution is 7.18. The Morgan fingerprint density at radius 1 is 1.26 bits per heavy atom. The minimum Gasteiger partial charge on any atom is -0.481 e. The van der Waals surface area contributed by atoms with Crippen molar-refractivity contribution in [3.8, 4) is 11.1 Å². The molecular weight excluding hydrogens is 380 g/mol. The number of carbonyl (C=O) groups is 1. The van der Waals surface area contributed by atoms with Gasteiger partial charge in [0.05, 0.1) is 22.8 Å². The predicted molar refractivity (Wildman–Crippen MR) is 90.5 cm³/mol. The van der Waals surface area contributed by atoms with Crippen molar-refractivity contribution < 1.29 is 23.1 Å². The number of aliphatic carboxylic acids is 1. The first-order valence-electron chi connectivity index (χ1n) is 7.73. The topological polar surface area (TPSA) is 107 Å². The van der Waals surface area contributed by atoms with Crippen molar-refractivity contribution in [3.63, 3.8) is 0 Å². The van der Waals surface area contributed by atoms with Crippen LogP contribution in [0.5, 0.6) is 0 Å². The number of hydrogen-bond acceptors (Lipinski definition) is 7. The third-order valence-electron chi connectivity index (χ3n) is 3.68. The van der Waals surface area contributed by atoms with E-state index in [1.165, 1.54) is 23.7 Å². The standard InChI is InChI=1S/C16H11F2N5O3S/c17-16(18)23-7-9(6-19-23)8-1-2-10-11(3-8)27-14(20-10)4-12-21-22-13(26-12)5-15(24)25/h1-3,6-7,16H,4-5H2,(H,24,25). The molecule has 0 unspecified atom stereocenters. The summed E-state index contributed by atoms with van der Waals surface area (Å²) in [6.45, 7) is -2.68. The summed E-state index contributed by atoms with van der Waals surface area (Å²) in [5.41, 5.74) is 2.10. The third kappa shape index (κ3) is 3.67. The molecule has 3 heterocycles. The van der Waals surface area contributed by atoms with E-state index in [0.29, 0.717) is 10.2 Å². The lowest BCUT2D eigenvalue weighted by molar-refractivity contribution is -0.136. The van der Waals surface area contributed by atoms with Gasteiger partial charge in [-0.15, -0.1) is 21.5 Å². The molecule has 138 valence electrons. The number of aromatic nitrogens is 5. The van der Waals surface area contributed by atoms with Crippen LogP contribution >= 0.6 is 11.3 Å². The quantitative estimate of drug-likeness (QED) is 0.538. The van der Waals surface area contributed by atoms with Crippen LogP contribution in [-0.2, 0) is 17.6 Å². The largest absolute Gasteiger partial charge is 0.481 e. The Kier molecular flexibility index (Phi) is 4.36. The Hall–Kier alpha value is -3.21. The Morgan fingerprint density at radius 2 is 2.07 bits per heavy atom. The number of alkyl halides is 2. The predicted octanol–water partition coefficient (Wildman–Crippen LogP) is 3.16. The summed E-state index contributed by atoms with van der Waals surface area (Å²) in [7, 11) is 0. The summed E-state index contributed by atoms with van der Waals surface area (Å²) in [5, 5.41) is 20.6. The van der Waals surface area contributed by atoms with Crippen molar-refractivity contribution in [1.82, 2.24) is 25.0 Å². The maximum absolute atomic E-state index is 12.7. The molecule has 1 aromatic carbocycles. The lowest BCUT2D eigenvalue weighted by atomic mass is 10.1. The van der Waals surface area contributed by atoms with Crippen molar-refractivity contribution in [2.45, 2.75) is 19.4 Å². The van der Waals surface area contributed by atoms with E-state index in [1.54, 1.807) is 12.1 Å². The summed E-state index contributed by atoms with van der Waals surface area (Å²) < 4.78 is 32.1. The van der Waals surface area contributed by atoms with Gasteiger partial charge in [-0.05, 0) is 17.7 Å². The summed E-state index contributed by atoms with van der Waals surface area (Å²) in [5.74, 6) is -0.728. The number of carboxylic acid groups (broad SMARTS) is 1. The van der Waals surface area contributed by atoms with Crippen LogP contribution in [-0.4, -0.2) is 36.0 Å². The van der Waals surface area contributed by atoms with Gasteiger partial charge in [0.15, 0.2) is 0 Å². The average Bonchev–Trinajstić information content (AvgIpc) is 3.32. The highest BCUT2D eigenvalue weighted by Crippen LogP contribution is 2.29. The molecule has 8 nitrogen and oxygen atoms in total. The van der Waals surface area contributed by atoms with E-state index in [4.69, 9.17) is 9.52 Å². The first kappa shape index (κ1) is 17.2. The first-order valence-corrected chi connectivity index (χ1v) is 8.55. The SMILES string of the molecule is O=C(O)Cc1nnc(Cc2nc3ccc(-c4cnn(C(F)F)c4)cc3s2)o1. The highest BCUT2D eigenvalue weighted by atomic mass is 32.1. The number of thiazole rings is 1. The summed E-state index contributed by atoms with van der Waals surface area (Å²) in [6, 6.07) is 5.44. The van der Waals surface area contributed by atoms with Gasteiger partial charge in [-0.25, -0.2) is 9.67 Å².